The molecule has 11 heteroatoms. The van der Waals surface area contributed by atoms with Crippen LogP contribution in [0.2, 0.25) is 0 Å². The summed E-state index contributed by atoms with van der Waals surface area (Å²) in [5.41, 5.74) is 0.452. The maximum Gasteiger partial charge on any atom is 0.419 e. The maximum absolute atomic E-state index is 12.8. The second-order valence-electron chi connectivity index (χ2n) is 7.84. The molecule has 5 N–H and O–H groups in total. The van der Waals surface area contributed by atoms with Crippen LogP contribution >= 0.6 is 0 Å². The van der Waals surface area contributed by atoms with Crippen molar-refractivity contribution in [2.24, 2.45) is 0 Å². The van der Waals surface area contributed by atoms with E-state index >= 15 is 0 Å². The third kappa shape index (κ3) is 6.07. The molecule has 3 heterocycles. The van der Waals surface area contributed by atoms with Crippen LogP contribution in [0.1, 0.15) is 28.8 Å². The van der Waals surface area contributed by atoms with Crippen molar-refractivity contribution in [2.75, 3.05) is 23.7 Å². The Labute approximate surface area is 198 Å². The number of amides is 1. The van der Waals surface area contributed by atoms with Gasteiger partial charge in [-0.15, -0.1) is 0 Å². The van der Waals surface area contributed by atoms with Crippen LogP contribution in [0.5, 0.6) is 5.75 Å². The topological polar surface area (TPSA) is 115 Å². The molecule has 0 aliphatic carbocycles. The van der Waals surface area contributed by atoms with Crippen molar-refractivity contribution < 1.29 is 23.1 Å². The van der Waals surface area contributed by atoms with Gasteiger partial charge in [-0.2, -0.15) is 18.3 Å². The standard InChI is InChI=1S/C20H14F3N5O2.C4H9N/c21-20(22,23)15-6-5-13(9-17(15)29)27-19(30)14-2-1-7-24-18(14)26-12-4-3-11-10-25-28-16(11)8-12;1-2-4-5-3-1/h1-10,29H,(H,24,26)(H,25,28)(H,27,30);5H,1-4H2. The average Bonchev–Trinajstić information content (AvgIpc) is 3.53. The number of phenols is 1. The Balaban J connectivity index is 0.000000514. The van der Waals surface area contributed by atoms with E-state index in [-0.39, 0.29) is 17.1 Å². The van der Waals surface area contributed by atoms with E-state index in [1.54, 1.807) is 24.4 Å². The van der Waals surface area contributed by atoms with Crippen molar-refractivity contribution in [2.45, 2.75) is 19.0 Å². The van der Waals surface area contributed by atoms with Crippen molar-refractivity contribution in [3.05, 3.63) is 72.1 Å². The van der Waals surface area contributed by atoms with Crippen molar-refractivity contribution in [1.29, 1.82) is 0 Å². The number of rotatable bonds is 4. The third-order valence-corrected chi connectivity index (χ3v) is 5.28. The number of phenolic OH excluding ortho intramolecular Hbond substituents is 1. The van der Waals surface area contributed by atoms with E-state index in [1.807, 2.05) is 6.07 Å². The number of pyridine rings is 1. The normalized spacial score (nSPS) is 13.2. The summed E-state index contributed by atoms with van der Waals surface area (Å²) >= 11 is 0. The molecule has 0 unspecified atom stereocenters. The Bertz CT molecular complexity index is 1310. The number of halogens is 3. The van der Waals surface area contributed by atoms with Crippen LogP contribution in [0.15, 0.2) is 60.9 Å². The van der Waals surface area contributed by atoms with E-state index < -0.39 is 23.4 Å². The molecule has 1 aliphatic rings. The molecule has 35 heavy (non-hydrogen) atoms. The van der Waals surface area contributed by atoms with Gasteiger partial charge >= 0.3 is 6.18 Å². The number of aromatic hydroxyl groups is 1. The van der Waals surface area contributed by atoms with Crippen molar-refractivity contribution in [3.8, 4) is 5.75 Å². The zero-order valence-electron chi connectivity index (χ0n) is 18.5. The summed E-state index contributed by atoms with van der Waals surface area (Å²) in [7, 11) is 0. The number of nitrogens with one attached hydrogen (secondary N) is 4. The lowest BCUT2D eigenvalue weighted by molar-refractivity contribution is -0.138. The lowest BCUT2D eigenvalue weighted by atomic mass is 10.1. The van der Waals surface area contributed by atoms with Gasteiger partial charge in [0.1, 0.15) is 11.6 Å². The number of carbonyl (C=O) groups excluding carboxylic acids is 1. The number of alkyl halides is 3. The van der Waals surface area contributed by atoms with Gasteiger partial charge in [0, 0.05) is 29.0 Å². The monoisotopic (exact) mass is 484 g/mol. The Hall–Kier alpha value is -4.12. The van der Waals surface area contributed by atoms with Crippen molar-refractivity contribution >= 4 is 34.0 Å². The van der Waals surface area contributed by atoms with E-state index in [2.05, 4.69) is 31.1 Å². The lowest BCUT2D eigenvalue weighted by Crippen LogP contribution is -2.15. The van der Waals surface area contributed by atoms with Crippen LogP contribution in [0.3, 0.4) is 0 Å². The highest BCUT2D eigenvalue weighted by Crippen LogP contribution is 2.37. The summed E-state index contributed by atoms with van der Waals surface area (Å²) < 4.78 is 38.3. The third-order valence-electron chi connectivity index (χ3n) is 5.28. The van der Waals surface area contributed by atoms with Crippen LogP contribution in [-0.4, -0.2) is 39.3 Å². The van der Waals surface area contributed by atoms with Crippen LogP contribution in [0, 0.1) is 0 Å². The number of nitrogens with zero attached hydrogens (tertiary/aromatic N) is 2. The van der Waals surface area contributed by atoms with Crippen LogP contribution in [0.25, 0.3) is 10.9 Å². The highest BCUT2D eigenvalue weighted by Gasteiger charge is 2.33. The van der Waals surface area contributed by atoms with Gasteiger partial charge in [-0.3, -0.25) is 9.89 Å². The largest absolute Gasteiger partial charge is 0.507 e. The van der Waals surface area contributed by atoms with Crippen LogP contribution in [0.4, 0.5) is 30.4 Å². The summed E-state index contributed by atoms with van der Waals surface area (Å²) in [5.74, 6) is -1.32. The molecule has 0 spiro atoms. The minimum atomic E-state index is -4.69. The predicted molar refractivity (Wildman–Crippen MR) is 127 cm³/mol. The molecule has 182 valence electrons. The summed E-state index contributed by atoms with van der Waals surface area (Å²) in [6.45, 7) is 2.50. The van der Waals surface area contributed by atoms with Gasteiger partial charge < -0.3 is 21.1 Å². The maximum atomic E-state index is 12.8. The first kappa shape index (κ1) is 24.0. The summed E-state index contributed by atoms with van der Waals surface area (Å²) in [5, 5.41) is 26.1. The quantitative estimate of drug-likeness (QED) is 0.277. The molecule has 1 saturated heterocycles. The van der Waals surface area contributed by atoms with Gasteiger partial charge in [-0.1, -0.05) is 0 Å². The summed E-state index contributed by atoms with van der Waals surface area (Å²) in [6, 6.07) is 11.1. The van der Waals surface area contributed by atoms with Gasteiger partial charge in [0.25, 0.3) is 5.91 Å². The van der Waals surface area contributed by atoms with Gasteiger partial charge in [0.2, 0.25) is 0 Å². The zero-order chi connectivity index (χ0) is 24.8. The Morgan fingerprint density at radius 2 is 1.80 bits per heavy atom. The van der Waals surface area contributed by atoms with E-state index in [0.717, 1.165) is 23.0 Å². The van der Waals surface area contributed by atoms with E-state index in [0.29, 0.717) is 11.8 Å². The fraction of sp³-hybridized carbons (Fsp3) is 0.208. The number of hydrogen-bond donors (Lipinski definition) is 5. The smallest absolute Gasteiger partial charge is 0.419 e. The molecule has 0 atom stereocenters. The zero-order valence-corrected chi connectivity index (χ0v) is 18.5. The molecule has 1 aliphatic heterocycles. The van der Waals surface area contributed by atoms with E-state index in [4.69, 9.17) is 0 Å². The molecule has 8 nitrogen and oxygen atoms in total. The minimum absolute atomic E-state index is 0.0131. The molecular formula is C24H23F3N6O2. The molecule has 0 saturated carbocycles. The molecule has 2 aromatic heterocycles. The van der Waals surface area contributed by atoms with Gasteiger partial charge in [0.15, 0.2) is 0 Å². The molecule has 0 bridgehead atoms. The highest BCUT2D eigenvalue weighted by atomic mass is 19.4. The highest BCUT2D eigenvalue weighted by molar-refractivity contribution is 6.08. The Morgan fingerprint density at radius 3 is 2.49 bits per heavy atom. The number of hydrogen-bond acceptors (Lipinski definition) is 6. The molecule has 5 rings (SSSR count). The Kier molecular flexibility index (Phi) is 7.16. The molecular weight excluding hydrogens is 461 g/mol. The first-order chi connectivity index (χ1) is 16.8. The number of aromatic amines is 1. The number of fused-ring (bicyclic) bond motifs is 1. The molecule has 1 amide bonds. The molecule has 4 aromatic rings. The average molecular weight is 484 g/mol. The minimum Gasteiger partial charge on any atom is -0.507 e. The SMILES string of the molecule is C1CCNC1.O=C(Nc1ccc(C(F)(F)F)c(O)c1)c1cccnc1Nc1ccc2cn[nH]c2c1. The van der Waals surface area contributed by atoms with E-state index in [1.165, 1.54) is 38.2 Å². The second-order valence-corrected chi connectivity index (χ2v) is 7.84. The van der Waals surface area contributed by atoms with Crippen LogP contribution < -0.4 is 16.0 Å². The Morgan fingerprint density at radius 1 is 1.03 bits per heavy atom. The molecule has 0 radical (unpaired) electrons. The fourth-order valence-corrected chi connectivity index (χ4v) is 3.51. The predicted octanol–water partition coefficient (Wildman–Crippen LogP) is 5.05. The molecule has 2 aromatic carbocycles. The van der Waals surface area contributed by atoms with Crippen molar-refractivity contribution in [1.82, 2.24) is 20.5 Å². The van der Waals surface area contributed by atoms with Gasteiger partial charge in [0.05, 0.1) is 22.8 Å². The van der Waals surface area contributed by atoms with Gasteiger partial charge in [-0.25, -0.2) is 4.98 Å². The number of H-pyrrole nitrogens is 1. The van der Waals surface area contributed by atoms with Crippen molar-refractivity contribution in [3.63, 3.8) is 0 Å². The molecule has 1 fully saturated rings. The van der Waals surface area contributed by atoms with Crippen LogP contribution in [-0.2, 0) is 6.18 Å². The first-order valence-corrected chi connectivity index (χ1v) is 10.9. The second kappa shape index (κ2) is 10.4. The van der Waals surface area contributed by atoms with Gasteiger partial charge in [-0.05, 0) is 68.4 Å². The number of anilines is 3. The number of benzene rings is 2. The fourth-order valence-electron chi connectivity index (χ4n) is 3.51. The number of carbonyl (C=O) groups is 1. The van der Waals surface area contributed by atoms with E-state index in [9.17, 15) is 23.1 Å². The first-order valence-electron chi connectivity index (χ1n) is 10.9. The lowest BCUT2D eigenvalue weighted by Gasteiger charge is -2.13. The summed E-state index contributed by atoms with van der Waals surface area (Å²) in [6.07, 6.45) is 1.26. The summed E-state index contributed by atoms with van der Waals surface area (Å²) in [4.78, 5) is 16.9. The number of aromatic nitrogens is 3.